The Morgan fingerprint density at radius 3 is 1.70 bits per heavy atom. The molecule has 33 heavy (non-hydrogen) atoms. The van der Waals surface area contributed by atoms with E-state index >= 15 is 0 Å². The highest BCUT2D eigenvalue weighted by molar-refractivity contribution is 9.10. The molecule has 0 N–H and O–H groups in total. The zero-order chi connectivity index (χ0) is 22.3. The molecule has 158 valence electrons. The van der Waals surface area contributed by atoms with Gasteiger partial charge in [-0.1, -0.05) is 125 Å². The Labute approximate surface area is 202 Å². The van der Waals surface area contributed by atoms with Gasteiger partial charge in [0.25, 0.3) is 0 Å². The van der Waals surface area contributed by atoms with Crippen LogP contribution in [0.1, 0.15) is 22.3 Å². The summed E-state index contributed by atoms with van der Waals surface area (Å²) in [7, 11) is 0. The number of hydrogen-bond donors (Lipinski definition) is 0. The second-order valence-corrected chi connectivity index (χ2v) is 9.13. The fourth-order valence-electron chi connectivity index (χ4n) is 5.06. The van der Waals surface area contributed by atoms with Gasteiger partial charge in [-0.25, -0.2) is 0 Å². The van der Waals surface area contributed by atoms with Crippen LogP contribution in [0.5, 0.6) is 11.5 Å². The van der Waals surface area contributed by atoms with Crippen molar-refractivity contribution in [3.63, 3.8) is 0 Å². The maximum absolute atomic E-state index is 6.57. The number of para-hydroxylation sites is 1. The maximum atomic E-state index is 6.57. The molecular weight excluding hydrogens is 468 g/mol. The van der Waals surface area contributed by atoms with Crippen LogP contribution in [-0.2, 0) is 5.41 Å². The topological polar surface area (TPSA) is 9.23 Å². The highest BCUT2D eigenvalue weighted by Gasteiger charge is 2.45. The van der Waals surface area contributed by atoms with E-state index in [4.69, 9.17) is 4.74 Å². The molecule has 0 amide bonds. The molecule has 0 saturated heterocycles. The number of benzene rings is 5. The lowest BCUT2D eigenvalue weighted by Crippen LogP contribution is -2.34. The number of hydrogen-bond acceptors (Lipinski definition) is 1. The molecule has 1 aliphatic rings. The summed E-state index contributed by atoms with van der Waals surface area (Å²) >= 11 is 3.89. The van der Waals surface area contributed by atoms with E-state index in [-0.39, 0.29) is 0 Å². The van der Waals surface area contributed by atoms with Crippen LogP contribution in [0.2, 0.25) is 0 Å². The first-order chi connectivity index (χ1) is 16.3. The van der Waals surface area contributed by atoms with Crippen LogP contribution < -0.4 is 4.74 Å². The van der Waals surface area contributed by atoms with Crippen LogP contribution in [0, 0.1) is 0 Å². The Morgan fingerprint density at radius 1 is 0.515 bits per heavy atom. The Bertz CT molecular complexity index is 1390. The van der Waals surface area contributed by atoms with Crippen molar-refractivity contribution in [2.75, 3.05) is 0 Å². The highest BCUT2D eigenvalue weighted by Crippen LogP contribution is 2.56. The van der Waals surface area contributed by atoms with Gasteiger partial charge in [0.05, 0.1) is 5.41 Å². The van der Waals surface area contributed by atoms with Crippen molar-refractivity contribution in [3.8, 4) is 22.6 Å². The zero-order valence-corrected chi connectivity index (χ0v) is 19.5. The van der Waals surface area contributed by atoms with Crippen molar-refractivity contribution in [1.29, 1.82) is 0 Å². The average molecular weight is 489 g/mol. The van der Waals surface area contributed by atoms with E-state index < -0.39 is 5.41 Å². The van der Waals surface area contributed by atoms with Gasteiger partial charge in [0.2, 0.25) is 0 Å². The van der Waals surface area contributed by atoms with Crippen LogP contribution in [0.25, 0.3) is 11.1 Å². The van der Waals surface area contributed by atoms with Gasteiger partial charge in [0.1, 0.15) is 11.5 Å². The van der Waals surface area contributed by atoms with Crippen molar-refractivity contribution >= 4 is 15.9 Å². The Morgan fingerprint density at radius 2 is 1.06 bits per heavy atom. The minimum atomic E-state index is -0.496. The average Bonchev–Trinajstić information content (AvgIpc) is 2.89. The van der Waals surface area contributed by atoms with Gasteiger partial charge in [-0.05, 0) is 40.5 Å². The first-order valence-corrected chi connectivity index (χ1v) is 11.9. The van der Waals surface area contributed by atoms with Gasteiger partial charge >= 0.3 is 0 Å². The van der Waals surface area contributed by atoms with Crippen LogP contribution in [0.15, 0.2) is 132 Å². The predicted molar refractivity (Wildman–Crippen MR) is 138 cm³/mol. The summed E-state index contributed by atoms with van der Waals surface area (Å²) in [5.74, 6) is 1.77. The lowest BCUT2D eigenvalue weighted by Gasteiger charge is -2.41. The largest absolute Gasteiger partial charge is 0.457 e. The van der Waals surface area contributed by atoms with Gasteiger partial charge in [0, 0.05) is 15.6 Å². The summed E-state index contributed by atoms with van der Waals surface area (Å²) in [4.78, 5) is 0. The standard InChI is InChI=1S/C31H21BrO/c32-28-21-27-30(20-25(28)22-12-4-1-5-13-22)33-29-19-11-10-18-26(29)31(27,23-14-6-2-7-15-23)24-16-8-3-9-17-24/h1-21H. The molecule has 5 aromatic rings. The normalized spacial score (nSPS) is 13.5. The first-order valence-electron chi connectivity index (χ1n) is 11.1. The van der Waals surface area contributed by atoms with E-state index in [2.05, 4.69) is 131 Å². The summed E-state index contributed by atoms with van der Waals surface area (Å²) in [5, 5.41) is 0. The highest BCUT2D eigenvalue weighted by atomic mass is 79.9. The van der Waals surface area contributed by atoms with Crippen LogP contribution >= 0.6 is 15.9 Å². The smallest absolute Gasteiger partial charge is 0.132 e. The number of ether oxygens (including phenoxy) is 1. The molecule has 0 atom stereocenters. The van der Waals surface area contributed by atoms with E-state index in [1.807, 2.05) is 12.1 Å². The zero-order valence-electron chi connectivity index (χ0n) is 17.9. The molecule has 6 rings (SSSR count). The molecule has 2 heteroatoms. The van der Waals surface area contributed by atoms with Gasteiger partial charge < -0.3 is 4.74 Å². The monoisotopic (exact) mass is 488 g/mol. The summed E-state index contributed by atoms with van der Waals surface area (Å²) in [6.07, 6.45) is 0. The minimum Gasteiger partial charge on any atom is -0.457 e. The molecule has 0 unspecified atom stereocenters. The van der Waals surface area contributed by atoms with Crippen molar-refractivity contribution in [2.24, 2.45) is 0 Å². The molecule has 0 spiro atoms. The second-order valence-electron chi connectivity index (χ2n) is 8.27. The van der Waals surface area contributed by atoms with E-state index in [1.165, 1.54) is 11.1 Å². The van der Waals surface area contributed by atoms with Gasteiger partial charge in [-0.2, -0.15) is 0 Å². The number of rotatable bonds is 3. The second kappa shape index (κ2) is 8.06. The van der Waals surface area contributed by atoms with E-state index in [9.17, 15) is 0 Å². The third-order valence-corrected chi connectivity index (χ3v) is 7.14. The van der Waals surface area contributed by atoms with Crippen molar-refractivity contribution in [1.82, 2.24) is 0 Å². The molecule has 5 aromatic carbocycles. The molecule has 0 aromatic heterocycles. The van der Waals surface area contributed by atoms with E-state index in [0.29, 0.717) is 0 Å². The molecule has 0 fully saturated rings. The molecule has 0 aliphatic carbocycles. The van der Waals surface area contributed by atoms with E-state index in [1.54, 1.807) is 0 Å². The molecule has 1 aliphatic heterocycles. The predicted octanol–water partition coefficient (Wildman–Crippen LogP) is 8.60. The summed E-state index contributed by atoms with van der Waals surface area (Å²) in [6.45, 7) is 0. The van der Waals surface area contributed by atoms with Crippen LogP contribution in [0.4, 0.5) is 0 Å². The molecule has 0 saturated carbocycles. The summed E-state index contributed by atoms with van der Waals surface area (Å²) in [6, 6.07) is 44.7. The first kappa shape index (κ1) is 20.0. The lowest BCUT2D eigenvalue weighted by atomic mass is 9.63. The molecule has 0 bridgehead atoms. The third-order valence-electron chi connectivity index (χ3n) is 6.48. The van der Waals surface area contributed by atoms with Crippen molar-refractivity contribution in [2.45, 2.75) is 5.41 Å². The lowest BCUT2D eigenvalue weighted by molar-refractivity contribution is 0.434. The molecule has 1 nitrogen and oxygen atoms in total. The molecule has 0 radical (unpaired) electrons. The van der Waals surface area contributed by atoms with Gasteiger partial charge in [-0.3, -0.25) is 0 Å². The summed E-state index contributed by atoms with van der Waals surface area (Å²) < 4.78 is 7.62. The third kappa shape index (κ3) is 3.13. The van der Waals surface area contributed by atoms with Crippen LogP contribution in [-0.4, -0.2) is 0 Å². The Balaban J connectivity index is 1.73. The van der Waals surface area contributed by atoms with Gasteiger partial charge in [0.15, 0.2) is 0 Å². The SMILES string of the molecule is Brc1cc2c(cc1-c1ccccc1)Oc1ccccc1C2(c1ccccc1)c1ccccc1. The Hall–Kier alpha value is -3.62. The van der Waals surface area contributed by atoms with Gasteiger partial charge in [-0.15, -0.1) is 0 Å². The molecular formula is C31H21BrO. The maximum Gasteiger partial charge on any atom is 0.132 e. The van der Waals surface area contributed by atoms with Crippen molar-refractivity contribution in [3.05, 3.63) is 154 Å². The Kier molecular flexibility index (Phi) is 4.89. The fraction of sp³-hybridized carbons (Fsp3) is 0.0323. The van der Waals surface area contributed by atoms with Crippen molar-refractivity contribution < 1.29 is 4.74 Å². The van der Waals surface area contributed by atoms with E-state index in [0.717, 1.165) is 38.2 Å². The number of fused-ring (bicyclic) bond motifs is 2. The fourth-order valence-corrected chi connectivity index (χ4v) is 5.64. The molecule has 1 heterocycles. The number of halogens is 1. The minimum absolute atomic E-state index is 0.496. The summed E-state index contributed by atoms with van der Waals surface area (Å²) in [5.41, 5.74) is 6.48. The van der Waals surface area contributed by atoms with Crippen LogP contribution in [0.3, 0.4) is 0 Å². The quantitative estimate of drug-likeness (QED) is 0.242.